The molecule has 2 aromatic carbocycles. The first-order chi connectivity index (χ1) is 12.0. The molecule has 0 aliphatic carbocycles. The predicted molar refractivity (Wildman–Crippen MR) is 98.6 cm³/mol. The van der Waals surface area contributed by atoms with Gasteiger partial charge in [0.25, 0.3) is 5.91 Å². The maximum Gasteiger partial charge on any atom is 0.319 e. The van der Waals surface area contributed by atoms with Crippen molar-refractivity contribution < 1.29 is 9.59 Å². The van der Waals surface area contributed by atoms with Crippen LogP contribution in [0, 0.1) is 0 Å². The first-order valence-corrected chi connectivity index (χ1v) is 8.31. The van der Waals surface area contributed by atoms with E-state index in [1.807, 2.05) is 18.2 Å². The van der Waals surface area contributed by atoms with Gasteiger partial charge in [0, 0.05) is 27.0 Å². The molecule has 0 saturated carbocycles. The van der Waals surface area contributed by atoms with Crippen LogP contribution in [0.15, 0.2) is 59.8 Å². The van der Waals surface area contributed by atoms with Crippen LogP contribution in [-0.4, -0.2) is 11.9 Å². The molecule has 5 nitrogen and oxygen atoms in total. The fourth-order valence-electron chi connectivity index (χ4n) is 2.72. The summed E-state index contributed by atoms with van der Waals surface area (Å²) < 4.78 is 0. The normalized spacial score (nSPS) is 16.9. The van der Waals surface area contributed by atoms with Gasteiger partial charge in [-0.15, -0.1) is 0 Å². The Morgan fingerprint density at radius 1 is 1.04 bits per heavy atom. The number of carbonyl (C=O) groups is 2. The van der Waals surface area contributed by atoms with E-state index in [1.54, 1.807) is 37.3 Å². The number of carbonyl (C=O) groups excluding carboxylic acids is 2. The number of para-hydroxylation sites is 1. The van der Waals surface area contributed by atoms with Crippen LogP contribution in [0.3, 0.4) is 0 Å². The molecule has 3 amide bonds. The summed E-state index contributed by atoms with van der Waals surface area (Å²) in [7, 11) is 0. The van der Waals surface area contributed by atoms with E-state index < -0.39 is 12.1 Å². The van der Waals surface area contributed by atoms with E-state index in [1.165, 1.54) is 0 Å². The van der Waals surface area contributed by atoms with Crippen molar-refractivity contribution in [2.45, 2.75) is 13.0 Å². The second-order valence-electron chi connectivity index (χ2n) is 5.53. The molecule has 1 atom stereocenters. The van der Waals surface area contributed by atoms with Crippen molar-refractivity contribution in [2.75, 3.05) is 5.32 Å². The summed E-state index contributed by atoms with van der Waals surface area (Å²) in [5, 5.41) is 8.91. The number of hydrogen-bond acceptors (Lipinski definition) is 2. The van der Waals surface area contributed by atoms with Gasteiger partial charge in [0.15, 0.2) is 0 Å². The molecule has 0 bridgehead atoms. The minimum atomic E-state index is -0.751. The summed E-state index contributed by atoms with van der Waals surface area (Å²) in [5.74, 6) is -0.350. The van der Waals surface area contributed by atoms with Crippen molar-refractivity contribution >= 4 is 40.8 Å². The zero-order valence-corrected chi connectivity index (χ0v) is 14.8. The zero-order chi connectivity index (χ0) is 18.0. The summed E-state index contributed by atoms with van der Waals surface area (Å²) in [4.78, 5) is 24.8. The number of benzene rings is 2. The fourth-order valence-corrected chi connectivity index (χ4v) is 3.33. The molecule has 1 aliphatic heterocycles. The monoisotopic (exact) mass is 375 g/mol. The topological polar surface area (TPSA) is 70.2 Å². The number of halogens is 2. The van der Waals surface area contributed by atoms with Gasteiger partial charge < -0.3 is 16.0 Å². The van der Waals surface area contributed by atoms with Gasteiger partial charge in [-0.2, -0.15) is 0 Å². The Morgan fingerprint density at radius 3 is 2.32 bits per heavy atom. The molecule has 25 heavy (non-hydrogen) atoms. The van der Waals surface area contributed by atoms with Crippen LogP contribution in [0.2, 0.25) is 10.0 Å². The largest absolute Gasteiger partial charge is 0.327 e. The molecule has 1 heterocycles. The van der Waals surface area contributed by atoms with Gasteiger partial charge in [-0.25, -0.2) is 4.79 Å². The Kier molecular flexibility index (Phi) is 4.97. The highest BCUT2D eigenvalue weighted by atomic mass is 35.5. The maximum absolute atomic E-state index is 12.8. The molecule has 0 fully saturated rings. The van der Waals surface area contributed by atoms with E-state index in [-0.39, 0.29) is 5.91 Å². The smallest absolute Gasteiger partial charge is 0.319 e. The Balaban J connectivity index is 2.02. The summed E-state index contributed by atoms with van der Waals surface area (Å²) in [6.07, 6.45) is 0. The third-order valence-electron chi connectivity index (χ3n) is 3.83. The Morgan fingerprint density at radius 2 is 1.68 bits per heavy atom. The quantitative estimate of drug-likeness (QED) is 0.749. The van der Waals surface area contributed by atoms with Gasteiger partial charge in [0.1, 0.15) is 0 Å². The summed E-state index contributed by atoms with van der Waals surface area (Å²) in [6.45, 7) is 1.66. The highest BCUT2D eigenvalue weighted by molar-refractivity contribution is 6.36. The third kappa shape index (κ3) is 3.62. The Labute approximate surface area is 155 Å². The maximum atomic E-state index is 12.8. The van der Waals surface area contributed by atoms with Crippen molar-refractivity contribution in [3.63, 3.8) is 0 Å². The lowest BCUT2D eigenvalue weighted by atomic mass is 9.94. The molecule has 0 saturated heterocycles. The second-order valence-corrected chi connectivity index (χ2v) is 6.34. The SMILES string of the molecule is CC1=C(C(=O)Nc2ccccc2)C(c2c(Cl)cccc2Cl)NC(=O)N1. The second kappa shape index (κ2) is 7.17. The lowest BCUT2D eigenvalue weighted by Crippen LogP contribution is -2.46. The van der Waals surface area contributed by atoms with Crippen LogP contribution in [0.25, 0.3) is 0 Å². The van der Waals surface area contributed by atoms with Gasteiger partial charge in [-0.1, -0.05) is 47.5 Å². The van der Waals surface area contributed by atoms with E-state index in [0.29, 0.717) is 32.6 Å². The van der Waals surface area contributed by atoms with E-state index in [4.69, 9.17) is 23.2 Å². The van der Waals surface area contributed by atoms with Crippen molar-refractivity contribution in [3.05, 3.63) is 75.4 Å². The highest BCUT2D eigenvalue weighted by Crippen LogP contribution is 2.36. The van der Waals surface area contributed by atoms with E-state index in [0.717, 1.165) is 0 Å². The van der Waals surface area contributed by atoms with Crippen molar-refractivity contribution in [1.82, 2.24) is 10.6 Å². The van der Waals surface area contributed by atoms with Crippen molar-refractivity contribution in [2.24, 2.45) is 0 Å². The minimum absolute atomic E-state index is 0.346. The molecule has 7 heteroatoms. The molecular weight excluding hydrogens is 361 g/mol. The fraction of sp³-hybridized carbons (Fsp3) is 0.111. The molecule has 0 spiro atoms. The van der Waals surface area contributed by atoms with E-state index in [9.17, 15) is 9.59 Å². The van der Waals surface area contributed by atoms with Crippen LogP contribution >= 0.6 is 23.2 Å². The molecule has 1 aliphatic rings. The van der Waals surface area contributed by atoms with Crippen molar-refractivity contribution in [1.29, 1.82) is 0 Å². The molecule has 3 N–H and O–H groups in total. The van der Waals surface area contributed by atoms with E-state index in [2.05, 4.69) is 16.0 Å². The number of rotatable bonds is 3. The first-order valence-electron chi connectivity index (χ1n) is 7.56. The molecule has 3 rings (SSSR count). The van der Waals surface area contributed by atoms with Crippen LogP contribution in [0.1, 0.15) is 18.5 Å². The molecule has 2 aromatic rings. The average Bonchev–Trinajstić information content (AvgIpc) is 2.55. The van der Waals surface area contributed by atoms with Gasteiger partial charge in [-0.05, 0) is 31.2 Å². The first kappa shape index (κ1) is 17.3. The van der Waals surface area contributed by atoms with Crippen LogP contribution in [0.5, 0.6) is 0 Å². The number of amides is 3. The van der Waals surface area contributed by atoms with Crippen LogP contribution < -0.4 is 16.0 Å². The van der Waals surface area contributed by atoms with Crippen LogP contribution in [-0.2, 0) is 4.79 Å². The minimum Gasteiger partial charge on any atom is -0.327 e. The van der Waals surface area contributed by atoms with Gasteiger partial charge >= 0.3 is 6.03 Å². The summed E-state index contributed by atoms with van der Waals surface area (Å²) in [6, 6.07) is 12.9. The third-order valence-corrected chi connectivity index (χ3v) is 4.49. The number of hydrogen-bond donors (Lipinski definition) is 3. The Bertz CT molecular complexity index is 846. The molecule has 0 radical (unpaired) electrons. The highest BCUT2D eigenvalue weighted by Gasteiger charge is 2.33. The summed E-state index contributed by atoms with van der Waals surface area (Å²) in [5.41, 5.74) is 1.92. The average molecular weight is 376 g/mol. The van der Waals surface area contributed by atoms with Crippen molar-refractivity contribution in [3.8, 4) is 0 Å². The predicted octanol–water partition coefficient (Wildman–Crippen LogP) is 4.26. The number of anilines is 1. The van der Waals surface area contributed by atoms with Gasteiger partial charge in [0.2, 0.25) is 0 Å². The molecule has 128 valence electrons. The van der Waals surface area contributed by atoms with Gasteiger partial charge in [-0.3, -0.25) is 4.79 Å². The lowest BCUT2D eigenvalue weighted by Gasteiger charge is -2.29. The molecule has 0 aromatic heterocycles. The van der Waals surface area contributed by atoms with Gasteiger partial charge in [0.05, 0.1) is 11.6 Å². The number of nitrogens with one attached hydrogen (secondary N) is 3. The number of urea groups is 1. The molecular formula is C18H15Cl2N3O2. The Hall–Kier alpha value is -2.50. The van der Waals surface area contributed by atoms with E-state index >= 15 is 0 Å². The standard InChI is InChI=1S/C18H15Cl2N3O2/c1-10-14(17(24)22-11-6-3-2-4-7-11)16(23-18(25)21-10)15-12(19)8-5-9-13(15)20/h2-9,16H,1H3,(H,22,24)(H2,21,23,25). The lowest BCUT2D eigenvalue weighted by molar-refractivity contribution is -0.113. The molecule has 1 unspecified atom stereocenters. The van der Waals surface area contributed by atoms with Crippen LogP contribution in [0.4, 0.5) is 10.5 Å². The summed E-state index contributed by atoms with van der Waals surface area (Å²) >= 11 is 12.6. The zero-order valence-electron chi connectivity index (χ0n) is 13.3. The number of allylic oxidation sites excluding steroid dienone is 1.